The van der Waals surface area contributed by atoms with E-state index in [4.69, 9.17) is 0 Å². The zero-order valence-electron chi connectivity index (χ0n) is 10.4. The first kappa shape index (κ1) is 13.9. The molecule has 0 saturated carbocycles. The van der Waals surface area contributed by atoms with Crippen molar-refractivity contribution in [2.45, 2.75) is 26.0 Å². The molecule has 17 heavy (non-hydrogen) atoms. The Bertz CT molecular complexity index is 402. The molecule has 0 radical (unpaired) electrons. The van der Waals surface area contributed by atoms with Crippen LogP contribution in [0.1, 0.15) is 23.1 Å². The summed E-state index contributed by atoms with van der Waals surface area (Å²) in [5, 5.41) is 9.87. The zero-order chi connectivity index (χ0) is 12.8. The van der Waals surface area contributed by atoms with Gasteiger partial charge < -0.3 is 9.84 Å². The standard InChI is InChI=1S/C13H18O3S/c1-9-6-10(2)13(15)11(7-9)8-17-5-4-12(14)16-3/h6-7,15H,4-5,8H2,1-3H3. The van der Waals surface area contributed by atoms with Crippen molar-refractivity contribution in [3.63, 3.8) is 0 Å². The number of hydrogen-bond acceptors (Lipinski definition) is 4. The van der Waals surface area contributed by atoms with Crippen LogP contribution in [0.4, 0.5) is 0 Å². The van der Waals surface area contributed by atoms with Crippen LogP contribution in [0.25, 0.3) is 0 Å². The second-order valence-corrected chi connectivity index (χ2v) is 5.07. The first-order chi connectivity index (χ1) is 8.04. The Hall–Kier alpha value is -1.16. The van der Waals surface area contributed by atoms with Crippen LogP contribution in [-0.4, -0.2) is 23.9 Å². The molecule has 0 aromatic heterocycles. The van der Waals surface area contributed by atoms with Crippen LogP contribution in [-0.2, 0) is 15.3 Å². The number of phenols is 1. The number of phenolic OH excluding ortho intramolecular Hbond substituents is 1. The Labute approximate surface area is 106 Å². The minimum Gasteiger partial charge on any atom is -0.507 e. The lowest BCUT2D eigenvalue weighted by atomic mass is 10.1. The van der Waals surface area contributed by atoms with Gasteiger partial charge in [0.1, 0.15) is 5.75 Å². The fraction of sp³-hybridized carbons (Fsp3) is 0.462. The summed E-state index contributed by atoms with van der Waals surface area (Å²) < 4.78 is 4.56. The molecule has 0 saturated heterocycles. The van der Waals surface area contributed by atoms with Gasteiger partial charge in [-0.2, -0.15) is 11.8 Å². The number of aryl methyl sites for hydroxylation is 2. The van der Waals surface area contributed by atoms with Crippen LogP contribution in [0.15, 0.2) is 12.1 Å². The topological polar surface area (TPSA) is 46.5 Å². The quantitative estimate of drug-likeness (QED) is 0.648. The smallest absolute Gasteiger partial charge is 0.306 e. The summed E-state index contributed by atoms with van der Waals surface area (Å²) in [7, 11) is 1.39. The second kappa shape index (κ2) is 6.55. The molecule has 0 unspecified atom stereocenters. The molecule has 1 aromatic rings. The lowest BCUT2D eigenvalue weighted by Gasteiger charge is -2.08. The Morgan fingerprint density at radius 2 is 2.12 bits per heavy atom. The molecule has 0 heterocycles. The third-order valence-corrected chi connectivity index (χ3v) is 3.47. The molecule has 0 aliphatic carbocycles. The number of ether oxygens (including phenoxy) is 1. The molecule has 0 amide bonds. The van der Waals surface area contributed by atoms with Crippen molar-refractivity contribution in [1.82, 2.24) is 0 Å². The van der Waals surface area contributed by atoms with Gasteiger partial charge in [0.25, 0.3) is 0 Å². The maximum Gasteiger partial charge on any atom is 0.306 e. The fourth-order valence-corrected chi connectivity index (χ4v) is 2.49. The van der Waals surface area contributed by atoms with E-state index in [0.717, 1.165) is 16.7 Å². The Kier molecular flexibility index (Phi) is 5.35. The summed E-state index contributed by atoms with van der Waals surface area (Å²) in [4.78, 5) is 10.9. The molecule has 1 N–H and O–H groups in total. The zero-order valence-corrected chi connectivity index (χ0v) is 11.3. The van der Waals surface area contributed by atoms with E-state index in [-0.39, 0.29) is 5.97 Å². The van der Waals surface area contributed by atoms with Gasteiger partial charge in [0, 0.05) is 17.1 Å². The van der Waals surface area contributed by atoms with Crippen molar-refractivity contribution in [1.29, 1.82) is 0 Å². The summed E-state index contributed by atoms with van der Waals surface area (Å²) >= 11 is 1.62. The number of benzene rings is 1. The lowest BCUT2D eigenvalue weighted by molar-refractivity contribution is -0.140. The van der Waals surface area contributed by atoms with Gasteiger partial charge in [0.05, 0.1) is 13.5 Å². The van der Waals surface area contributed by atoms with Crippen molar-refractivity contribution >= 4 is 17.7 Å². The van der Waals surface area contributed by atoms with Gasteiger partial charge in [-0.1, -0.05) is 17.7 Å². The van der Waals surface area contributed by atoms with Gasteiger partial charge in [-0.3, -0.25) is 4.79 Å². The molecular weight excluding hydrogens is 236 g/mol. The molecule has 0 aliphatic heterocycles. The Balaban J connectivity index is 2.49. The minimum absolute atomic E-state index is 0.192. The SMILES string of the molecule is COC(=O)CCSCc1cc(C)cc(C)c1O. The van der Waals surface area contributed by atoms with E-state index in [0.29, 0.717) is 23.7 Å². The molecule has 0 spiro atoms. The van der Waals surface area contributed by atoms with Crippen molar-refractivity contribution < 1.29 is 14.6 Å². The van der Waals surface area contributed by atoms with E-state index in [9.17, 15) is 9.90 Å². The predicted octanol–water partition coefficient (Wildman–Crippen LogP) is 2.81. The van der Waals surface area contributed by atoms with Crippen molar-refractivity contribution in [2.75, 3.05) is 12.9 Å². The van der Waals surface area contributed by atoms with Gasteiger partial charge in [-0.15, -0.1) is 0 Å². The molecule has 1 rings (SSSR count). The van der Waals surface area contributed by atoms with E-state index in [1.54, 1.807) is 11.8 Å². The maximum absolute atomic E-state index is 10.9. The summed E-state index contributed by atoms with van der Waals surface area (Å²) in [6.07, 6.45) is 0.409. The van der Waals surface area contributed by atoms with E-state index in [2.05, 4.69) is 4.74 Å². The van der Waals surface area contributed by atoms with E-state index >= 15 is 0 Å². The van der Waals surface area contributed by atoms with Crippen LogP contribution < -0.4 is 0 Å². The minimum atomic E-state index is -0.192. The summed E-state index contributed by atoms with van der Waals surface area (Å²) in [6.45, 7) is 3.90. The van der Waals surface area contributed by atoms with Crippen LogP contribution in [0.2, 0.25) is 0 Å². The number of thioether (sulfide) groups is 1. The van der Waals surface area contributed by atoms with Gasteiger partial charge in [-0.25, -0.2) is 0 Å². The van der Waals surface area contributed by atoms with Crippen LogP contribution >= 0.6 is 11.8 Å². The fourth-order valence-electron chi connectivity index (χ4n) is 1.60. The number of methoxy groups -OCH3 is 1. The molecule has 94 valence electrons. The summed E-state index contributed by atoms with van der Waals surface area (Å²) in [5.74, 6) is 1.59. The largest absolute Gasteiger partial charge is 0.507 e. The molecule has 3 nitrogen and oxygen atoms in total. The maximum atomic E-state index is 10.9. The molecule has 0 atom stereocenters. The normalized spacial score (nSPS) is 10.3. The monoisotopic (exact) mass is 254 g/mol. The molecular formula is C13H18O3S. The molecule has 1 aromatic carbocycles. The first-order valence-electron chi connectivity index (χ1n) is 5.48. The van der Waals surface area contributed by atoms with Crippen LogP contribution in [0.5, 0.6) is 5.75 Å². The lowest BCUT2D eigenvalue weighted by Crippen LogP contribution is -2.01. The number of aromatic hydroxyl groups is 1. The van der Waals surface area contributed by atoms with Gasteiger partial charge in [0.15, 0.2) is 0 Å². The molecule has 0 aliphatic rings. The molecule has 0 fully saturated rings. The van der Waals surface area contributed by atoms with Gasteiger partial charge >= 0.3 is 5.97 Å². The van der Waals surface area contributed by atoms with Crippen molar-refractivity contribution in [2.24, 2.45) is 0 Å². The average molecular weight is 254 g/mol. The van der Waals surface area contributed by atoms with Crippen LogP contribution in [0, 0.1) is 13.8 Å². The van der Waals surface area contributed by atoms with E-state index < -0.39 is 0 Å². The number of esters is 1. The number of carbonyl (C=O) groups excluding carboxylic acids is 1. The van der Waals surface area contributed by atoms with Gasteiger partial charge in [0.2, 0.25) is 0 Å². The van der Waals surface area contributed by atoms with E-state index in [1.165, 1.54) is 7.11 Å². The third kappa shape index (κ3) is 4.30. The number of carbonyl (C=O) groups is 1. The summed E-state index contributed by atoms with van der Waals surface area (Å²) in [5.41, 5.74) is 2.97. The Morgan fingerprint density at radius 1 is 1.41 bits per heavy atom. The second-order valence-electron chi connectivity index (χ2n) is 3.97. The number of hydrogen-bond donors (Lipinski definition) is 1. The highest BCUT2D eigenvalue weighted by Gasteiger charge is 2.06. The van der Waals surface area contributed by atoms with Crippen molar-refractivity contribution in [3.8, 4) is 5.75 Å². The Morgan fingerprint density at radius 3 is 2.76 bits per heavy atom. The molecule has 4 heteroatoms. The van der Waals surface area contributed by atoms with Crippen LogP contribution in [0.3, 0.4) is 0 Å². The highest BCUT2D eigenvalue weighted by atomic mass is 32.2. The highest BCUT2D eigenvalue weighted by molar-refractivity contribution is 7.98. The van der Waals surface area contributed by atoms with E-state index in [1.807, 2.05) is 26.0 Å². The molecule has 0 bridgehead atoms. The first-order valence-corrected chi connectivity index (χ1v) is 6.63. The highest BCUT2D eigenvalue weighted by Crippen LogP contribution is 2.27. The summed E-state index contributed by atoms with van der Waals surface area (Å²) in [6, 6.07) is 3.94. The van der Waals surface area contributed by atoms with Crippen molar-refractivity contribution in [3.05, 3.63) is 28.8 Å². The van der Waals surface area contributed by atoms with Gasteiger partial charge in [-0.05, 0) is 19.4 Å². The third-order valence-electron chi connectivity index (χ3n) is 2.46. The predicted molar refractivity (Wildman–Crippen MR) is 70.4 cm³/mol. The number of rotatable bonds is 5. The average Bonchev–Trinajstić information content (AvgIpc) is 2.30.